The summed E-state index contributed by atoms with van der Waals surface area (Å²) in [4.78, 5) is 0. The van der Waals surface area contributed by atoms with Crippen LogP contribution in [-0.4, -0.2) is 42.8 Å². The fourth-order valence-electron chi connectivity index (χ4n) is 1.29. The predicted octanol–water partition coefficient (Wildman–Crippen LogP) is 3.49. The molecule has 0 aliphatic carbocycles. The van der Waals surface area contributed by atoms with E-state index in [1.54, 1.807) is 0 Å². The van der Waals surface area contributed by atoms with E-state index in [1.807, 2.05) is 0 Å². The Labute approximate surface area is 112 Å². The van der Waals surface area contributed by atoms with E-state index in [0.29, 0.717) is 0 Å². The van der Waals surface area contributed by atoms with Gasteiger partial charge < -0.3 is 4.74 Å². The van der Waals surface area contributed by atoms with Gasteiger partial charge >= 0.3 is 0 Å². The molecule has 1 nitrogen and oxygen atoms in total. The molecule has 0 aromatic rings. The Balaban J connectivity index is 0. The van der Waals surface area contributed by atoms with E-state index in [2.05, 4.69) is 27.7 Å². The molecule has 0 bridgehead atoms. The van der Waals surface area contributed by atoms with E-state index >= 15 is 0 Å². The molecule has 0 rings (SSSR count). The fraction of sp³-hybridized carbons (Fsp3) is 1.00. The van der Waals surface area contributed by atoms with Crippen LogP contribution in [0.5, 0.6) is 0 Å². The predicted molar refractivity (Wildman–Crippen MR) is 64.7 cm³/mol. The molecule has 0 unspecified atom stereocenters. The van der Waals surface area contributed by atoms with Crippen LogP contribution in [0.2, 0.25) is 0 Å². The summed E-state index contributed by atoms with van der Waals surface area (Å²) >= 11 is 0. The Morgan fingerprint density at radius 3 is 1.43 bits per heavy atom. The molecule has 0 aliphatic rings. The second-order valence-electron chi connectivity index (χ2n) is 4.68. The monoisotopic (exact) mass is 209 g/mol. The standard InChI is InChI=1S/C12H26O.Na/c1-11(2)7-5-9-13-10-6-8-12(3)4;/h11-12H,5-10H2,1-4H3;. The second kappa shape index (κ2) is 12.0. The van der Waals surface area contributed by atoms with Crippen LogP contribution < -0.4 is 0 Å². The third-order valence-electron chi connectivity index (χ3n) is 2.14. The zero-order valence-electron chi connectivity index (χ0n) is 10.8. The fourth-order valence-corrected chi connectivity index (χ4v) is 1.29. The maximum absolute atomic E-state index is 5.53. The minimum Gasteiger partial charge on any atom is -0.381 e. The van der Waals surface area contributed by atoms with Crippen molar-refractivity contribution in [2.45, 2.75) is 53.4 Å². The number of hydrogen-bond donors (Lipinski definition) is 0. The van der Waals surface area contributed by atoms with Gasteiger partial charge in [-0.1, -0.05) is 27.7 Å². The topological polar surface area (TPSA) is 9.23 Å². The van der Waals surface area contributed by atoms with E-state index in [1.165, 1.54) is 25.7 Å². The Kier molecular flexibility index (Phi) is 14.9. The molecule has 0 aromatic carbocycles. The van der Waals surface area contributed by atoms with Gasteiger partial charge in [-0.25, -0.2) is 0 Å². The third kappa shape index (κ3) is 15.4. The molecule has 0 saturated heterocycles. The molecule has 0 amide bonds. The summed E-state index contributed by atoms with van der Waals surface area (Å²) in [6.45, 7) is 11.0. The summed E-state index contributed by atoms with van der Waals surface area (Å²) in [7, 11) is 0. The molecule has 0 atom stereocenters. The van der Waals surface area contributed by atoms with Gasteiger partial charge in [0, 0.05) is 42.8 Å². The molecule has 0 aliphatic heterocycles. The molecule has 0 saturated carbocycles. The van der Waals surface area contributed by atoms with Crippen molar-refractivity contribution in [3.8, 4) is 0 Å². The minimum absolute atomic E-state index is 0. The van der Waals surface area contributed by atoms with E-state index in [0.717, 1.165) is 25.0 Å². The van der Waals surface area contributed by atoms with Crippen molar-refractivity contribution < 1.29 is 4.74 Å². The van der Waals surface area contributed by atoms with Crippen molar-refractivity contribution in [1.82, 2.24) is 0 Å². The number of hydrogen-bond acceptors (Lipinski definition) is 1. The number of rotatable bonds is 8. The van der Waals surface area contributed by atoms with Crippen LogP contribution in [0.4, 0.5) is 0 Å². The zero-order chi connectivity index (χ0) is 10.1. The van der Waals surface area contributed by atoms with Crippen molar-refractivity contribution in [2.24, 2.45) is 11.8 Å². The van der Waals surface area contributed by atoms with Crippen molar-refractivity contribution in [2.75, 3.05) is 13.2 Å². The molecule has 0 spiro atoms. The minimum atomic E-state index is 0. The normalized spacial score (nSPS) is 10.7. The van der Waals surface area contributed by atoms with Crippen molar-refractivity contribution >= 4 is 29.6 Å². The van der Waals surface area contributed by atoms with Gasteiger partial charge in [0.05, 0.1) is 0 Å². The van der Waals surface area contributed by atoms with E-state index in [9.17, 15) is 0 Å². The molecule has 14 heavy (non-hydrogen) atoms. The van der Waals surface area contributed by atoms with Gasteiger partial charge in [0.2, 0.25) is 0 Å². The molecule has 0 aromatic heterocycles. The molecule has 81 valence electrons. The molecular weight excluding hydrogens is 183 g/mol. The first-order chi connectivity index (χ1) is 6.13. The molecular formula is C12H26NaO. The van der Waals surface area contributed by atoms with Crippen LogP contribution in [-0.2, 0) is 4.74 Å². The van der Waals surface area contributed by atoms with Crippen LogP contribution in [0, 0.1) is 11.8 Å². The van der Waals surface area contributed by atoms with Crippen LogP contribution in [0.1, 0.15) is 53.4 Å². The summed E-state index contributed by atoms with van der Waals surface area (Å²) in [5, 5.41) is 0. The van der Waals surface area contributed by atoms with Gasteiger partial charge in [0.15, 0.2) is 0 Å². The number of ether oxygens (including phenoxy) is 1. The first-order valence-corrected chi connectivity index (χ1v) is 5.70. The average molecular weight is 209 g/mol. The van der Waals surface area contributed by atoms with Crippen molar-refractivity contribution in [1.29, 1.82) is 0 Å². The van der Waals surface area contributed by atoms with Crippen molar-refractivity contribution in [3.05, 3.63) is 0 Å². The Hall–Kier alpha value is 0.960. The van der Waals surface area contributed by atoms with E-state index in [-0.39, 0.29) is 29.6 Å². The van der Waals surface area contributed by atoms with Crippen LogP contribution in [0.15, 0.2) is 0 Å². The molecule has 0 heterocycles. The summed E-state index contributed by atoms with van der Waals surface area (Å²) in [6.07, 6.45) is 5.03. The summed E-state index contributed by atoms with van der Waals surface area (Å²) in [6, 6.07) is 0. The first-order valence-electron chi connectivity index (χ1n) is 5.70. The summed E-state index contributed by atoms with van der Waals surface area (Å²) in [5.41, 5.74) is 0. The largest absolute Gasteiger partial charge is 0.381 e. The quantitative estimate of drug-likeness (QED) is 0.439. The molecule has 2 heteroatoms. The summed E-state index contributed by atoms with van der Waals surface area (Å²) in [5.74, 6) is 1.64. The molecule has 0 fully saturated rings. The third-order valence-corrected chi connectivity index (χ3v) is 2.14. The van der Waals surface area contributed by atoms with Crippen molar-refractivity contribution in [3.63, 3.8) is 0 Å². The van der Waals surface area contributed by atoms with Gasteiger partial charge in [0.1, 0.15) is 0 Å². The van der Waals surface area contributed by atoms with Gasteiger partial charge in [-0.05, 0) is 37.5 Å². The smallest absolute Gasteiger partial charge is 0.0466 e. The molecule has 0 N–H and O–H groups in total. The van der Waals surface area contributed by atoms with Gasteiger partial charge in [-0.15, -0.1) is 0 Å². The van der Waals surface area contributed by atoms with E-state index in [4.69, 9.17) is 4.74 Å². The average Bonchev–Trinajstić information content (AvgIpc) is 2.01. The first kappa shape index (κ1) is 17.4. The Morgan fingerprint density at radius 2 is 1.14 bits per heavy atom. The van der Waals surface area contributed by atoms with E-state index < -0.39 is 0 Å². The van der Waals surface area contributed by atoms with Crippen LogP contribution in [0.3, 0.4) is 0 Å². The Bertz CT molecular complexity index is 90.5. The van der Waals surface area contributed by atoms with Gasteiger partial charge in [-0.2, -0.15) is 0 Å². The SMILES string of the molecule is CC(C)CCCOCCCC(C)C.[Na]. The van der Waals surface area contributed by atoms with Gasteiger partial charge in [-0.3, -0.25) is 0 Å². The summed E-state index contributed by atoms with van der Waals surface area (Å²) < 4.78 is 5.53. The van der Waals surface area contributed by atoms with Crippen LogP contribution in [0.25, 0.3) is 0 Å². The Morgan fingerprint density at radius 1 is 0.786 bits per heavy atom. The molecule has 1 radical (unpaired) electrons. The second-order valence-corrected chi connectivity index (χ2v) is 4.68. The maximum Gasteiger partial charge on any atom is 0.0466 e. The zero-order valence-corrected chi connectivity index (χ0v) is 12.8. The van der Waals surface area contributed by atoms with Crippen LogP contribution >= 0.6 is 0 Å². The maximum atomic E-state index is 5.53. The van der Waals surface area contributed by atoms with Gasteiger partial charge in [0.25, 0.3) is 0 Å².